The first kappa shape index (κ1) is 14.8. The van der Waals surface area contributed by atoms with Crippen LogP contribution in [0.5, 0.6) is 5.75 Å². The standard InChI is InChI=1S/C16H21N3O3/c1-12-7-9-18(10-8-12)11-15-16(19(20)22-17-15)13-3-5-14(21-2)6-4-13/h3-6,12H,7-11H2,1-2H3. The predicted molar refractivity (Wildman–Crippen MR) is 81.1 cm³/mol. The van der Waals surface area contributed by atoms with Gasteiger partial charge in [-0.2, -0.15) is 0 Å². The molecule has 6 nitrogen and oxygen atoms in total. The molecule has 22 heavy (non-hydrogen) atoms. The minimum Gasteiger partial charge on any atom is -0.497 e. The number of rotatable bonds is 4. The summed E-state index contributed by atoms with van der Waals surface area (Å²) in [5.41, 5.74) is 1.97. The molecule has 1 fully saturated rings. The fourth-order valence-electron chi connectivity index (χ4n) is 2.83. The normalized spacial score (nSPS) is 16.8. The maximum atomic E-state index is 11.9. The zero-order valence-corrected chi connectivity index (χ0v) is 13.0. The molecule has 1 aliphatic heterocycles. The van der Waals surface area contributed by atoms with E-state index >= 15 is 0 Å². The fourth-order valence-corrected chi connectivity index (χ4v) is 2.83. The molecule has 0 amide bonds. The molecule has 0 bridgehead atoms. The molecule has 1 aliphatic rings. The molecule has 0 radical (unpaired) electrons. The molecule has 0 atom stereocenters. The lowest BCUT2D eigenvalue weighted by atomic mass is 9.99. The highest BCUT2D eigenvalue weighted by atomic mass is 16.8. The number of hydrogen-bond donors (Lipinski definition) is 0. The number of nitrogens with zero attached hydrogens (tertiary/aromatic N) is 3. The average Bonchev–Trinajstić information content (AvgIpc) is 2.90. The first-order chi connectivity index (χ1) is 10.7. The third kappa shape index (κ3) is 3.06. The van der Waals surface area contributed by atoms with Crippen LogP contribution in [-0.2, 0) is 6.54 Å². The molecule has 3 rings (SSSR count). The van der Waals surface area contributed by atoms with Crippen LogP contribution in [0.25, 0.3) is 11.3 Å². The second-order valence-corrected chi connectivity index (χ2v) is 5.91. The van der Waals surface area contributed by atoms with Crippen molar-refractivity contribution in [2.45, 2.75) is 26.3 Å². The lowest BCUT2D eigenvalue weighted by molar-refractivity contribution is -0.793. The first-order valence-corrected chi connectivity index (χ1v) is 7.62. The summed E-state index contributed by atoms with van der Waals surface area (Å²) < 4.78 is 9.97. The predicted octanol–water partition coefficient (Wildman–Crippen LogP) is 2.22. The van der Waals surface area contributed by atoms with Crippen LogP contribution in [0.3, 0.4) is 0 Å². The summed E-state index contributed by atoms with van der Waals surface area (Å²) in [4.78, 5) is 2.81. The Morgan fingerprint density at radius 3 is 2.64 bits per heavy atom. The number of ether oxygens (including phenoxy) is 1. The molecule has 0 saturated carbocycles. The molecule has 6 heteroatoms. The molecule has 0 spiro atoms. The highest BCUT2D eigenvalue weighted by molar-refractivity contribution is 5.59. The molecule has 0 N–H and O–H groups in total. The molecule has 1 aromatic carbocycles. The van der Waals surface area contributed by atoms with Crippen LogP contribution in [0.1, 0.15) is 25.5 Å². The summed E-state index contributed by atoms with van der Waals surface area (Å²) in [6.07, 6.45) is 2.38. The Labute approximate surface area is 129 Å². The number of piperidine rings is 1. The van der Waals surface area contributed by atoms with Crippen LogP contribution in [0.4, 0.5) is 0 Å². The van der Waals surface area contributed by atoms with Gasteiger partial charge in [0.25, 0.3) is 0 Å². The smallest absolute Gasteiger partial charge is 0.240 e. The molecule has 118 valence electrons. The summed E-state index contributed by atoms with van der Waals surface area (Å²) in [6.45, 7) is 5.00. The number of likely N-dealkylation sites (tertiary alicyclic amines) is 1. The van der Waals surface area contributed by atoms with E-state index in [1.807, 2.05) is 24.3 Å². The summed E-state index contributed by atoms with van der Waals surface area (Å²) in [5.74, 6) is 1.53. The molecular formula is C16H21N3O3. The third-order valence-electron chi connectivity index (χ3n) is 4.29. The molecule has 2 heterocycles. The Morgan fingerprint density at radius 1 is 1.32 bits per heavy atom. The Morgan fingerprint density at radius 2 is 2.00 bits per heavy atom. The highest BCUT2D eigenvalue weighted by Gasteiger charge is 2.25. The molecular weight excluding hydrogens is 282 g/mol. The summed E-state index contributed by atoms with van der Waals surface area (Å²) >= 11 is 0. The molecule has 2 aromatic rings. The van der Waals surface area contributed by atoms with Crippen molar-refractivity contribution in [2.24, 2.45) is 5.92 Å². The van der Waals surface area contributed by atoms with Crippen LogP contribution in [0.2, 0.25) is 0 Å². The van der Waals surface area contributed by atoms with E-state index in [2.05, 4.69) is 17.0 Å². The van der Waals surface area contributed by atoms with Gasteiger partial charge in [-0.1, -0.05) is 6.92 Å². The van der Waals surface area contributed by atoms with Crippen molar-refractivity contribution in [3.63, 3.8) is 0 Å². The van der Waals surface area contributed by atoms with Crippen molar-refractivity contribution in [3.8, 4) is 17.0 Å². The third-order valence-corrected chi connectivity index (χ3v) is 4.29. The zero-order chi connectivity index (χ0) is 15.5. The van der Waals surface area contributed by atoms with Gasteiger partial charge in [-0.05, 0) is 61.0 Å². The second-order valence-electron chi connectivity index (χ2n) is 5.91. The summed E-state index contributed by atoms with van der Waals surface area (Å²) in [5, 5.41) is 15.9. The van der Waals surface area contributed by atoms with Gasteiger partial charge in [-0.15, -0.1) is 0 Å². The fraction of sp³-hybridized carbons (Fsp3) is 0.500. The Kier molecular flexibility index (Phi) is 4.29. The van der Waals surface area contributed by atoms with Gasteiger partial charge in [0.1, 0.15) is 5.75 Å². The van der Waals surface area contributed by atoms with Gasteiger partial charge in [0.2, 0.25) is 11.4 Å². The maximum Gasteiger partial charge on any atom is 0.240 e. The monoisotopic (exact) mass is 303 g/mol. The number of benzene rings is 1. The molecule has 0 aliphatic carbocycles. The highest BCUT2D eigenvalue weighted by Crippen LogP contribution is 2.24. The van der Waals surface area contributed by atoms with Crippen molar-refractivity contribution < 1.29 is 14.3 Å². The van der Waals surface area contributed by atoms with Gasteiger partial charge < -0.3 is 9.94 Å². The lowest BCUT2D eigenvalue weighted by Crippen LogP contribution is -2.33. The van der Waals surface area contributed by atoms with Gasteiger partial charge in [0, 0.05) is 10.7 Å². The van der Waals surface area contributed by atoms with E-state index in [1.165, 1.54) is 12.8 Å². The van der Waals surface area contributed by atoms with E-state index in [4.69, 9.17) is 9.37 Å². The number of hydrogen-bond acceptors (Lipinski definition) is 5. The van der Waals surface area contributed by atoms with Crippen molar-refractivity contribution in [3.05, 3.63) is 35.2 Å². The van der Waals surface area contributed by atoms with Crippen LogP contribution in [0, 0.1) is 11.1 Å². The van der Waals surface area contributed by atoms with Crippen LogP contribution < -0.4 is 9.64 Å². The first-order valence-electron chi connectivity index (χ1n) is 7.62. The van der Waals surface area contributed by atoms with E-state index in [0.717, 1.165) is 30.3 Å². The van der Waals surface area contributed by atoms with Gasteiger partial charge >= 0.3 is 0 Å². The molecule has 1 aromatic heterocycles. The van der Waals surface area contributed by atoms with E-state index in [1.54, 1.807) is 7.11 Å². The van der Waals surface area contributed by atoms with Crippen LogP contribution >= 0.6 is 0 Å². The van der Waals surface area contributed by atoms with Gasteiger partial charge in [-0.25, -0.2) is 0 Å². The zero-order valence-electron chi connectivity index (χ0n) is 13.0. The Hall–Kier alpha value is -2.08. The molecule has 0 unspecified atom stereocenters. The lowest BCUT2D eigenvalue weighted by Gasteiger charge is -2.28. The summed E-state index contributed by atoms with van der Waals surface area (Å²) in [7, 11) is 1.62. The Bertz CT molecular complexity index is 616. The molecule has 1 saturated heterocycles. The van der Waals surface area contributed by atoms with E-state index in [-0.39, 0.29) is 0 Å². The van der Waals surface area contributed by atoms with E-state index < -0.39 is 0 Å². The van der Waals surface area contributed by atoms with Crippen LogP contribution in [-0.4, -0.2) is 30.3 Å². The number of aromatic nitrogens is 2. The quantitative estimate of drug-likeness (QED) is 0.810. The van der Waals surface area contributed by atoms with E-state index in [9.17, 15) is 5.21 Å². The largest absolute Gasteiger partial charge is 0.497 e. The van der Waals surface area contributed by atoms with Gasteiger partial charge in [0.15, 0.2) is 0 Å². The van der Waals surface area contributed by atoms with Gasteiger partial charge in [-0.3, -0.25) is 9.53 Å². The van der Waals surface area contributed by atoms with Crippen molar-refractivity contribution >= 4 is 0 Å². The second kappa shape index (κ2) is 6.36. The average molecular weight is 303 g/mol. The minimum absolute atomic E-state index is 0.487. The van der Waals surface area contributed by atoms with Gasteiger partial charge in [0.05, 0.1) is 13.7 Å². The van der Waals surface area contributed by atoms with Crippen LogP contribution in [0.15, 0.2) is 28.9 Å². The number of methoxy groups -OCH3 is 1. The summed E-state index contributed by atoms with van der Waals surface area (Å²) in [6, 6.07) is 7.35. The minimum atomic E-state index is 0.487. The topological polar surface area (TPSA) is 65.4 Å². The van der Waals surface area contributed by atoms with Crippen molar-refractivity contribution in [2.75, 3.05) is 20.2 Å². The maximum absolute atomic E-state index is 11.9. The SMILES string of the molecule is COc1ccc(-c2c(CN3CCC(C)CC3)no[n+]2[O-])cc1. The van der Waals surface area contributed by atoms with Crippen molar-refractivity contribution in [1.82, 2.24) is 10.1 Å². The van der Waals surface area contributed by atoms with E-state index in [0.29, 0.717) is 22.8 Å². The Balaban J connectivity index is 1.81. The van der Waals surface area contributed by atoms with Crippen molar-refractivity contribution in [1.29, 1.82) is 0 Å².